The molecule has 1 unspecified atom stereocenters. The molecular formula is C21H22F3N7OS. The first kappa shape index (κ1) is 21.9. The second-order valence-corrected chi connectivity index (χ2v) is 9.85. The molecule has 2 aliphatic heterocycles. The number of benzene rings is 1. The molecule has 0 bridgehead atoms. The summed E-state index contributed by atoms with van der Waals surface area (Å²) in [6.07, 6.45) is -2.53. The molecule has 0 saturated carbocycles. The van der Waals surface area contributed by atoms with Gasteiger partial charge in [0.1, 0.15) is 0 Å². The zero-order valence-corrected chi connectivity index (χ0v) is 18.7. The van der Waals surface area contributed by atoms with Gasteiger partial charge in [0.05, 0.1) is 11.3 Å². The number of carbonyl (C=O) groups excluding carboxylic acids is 1. The third kappa shape index (κ3) is 4.35. The first-order valence-corrected chi connectivity index (χ1v) is 11.7. The van der Waals surface area contributed by atoms with Crippen LogP contribution < -0.4 is 9.80 Å². The van der Waals surface area contributed by atoms with Crippen molar-refractivity contribution in [1.82, 2.24) is 25.3 Å². The third-order valence-electron chi connectivity index (χ3n) is 6.15. The number of carbonyl (C=O) groups is 1. The van der Waals surface area contributed by atoms with E-state index >= 15 is 0 Å². The molecule has 1 atom stereocenters. The topological polar surface area (TPSA) is 79.5 Å². The number of aromatic nitrogens is 5. The lowest BCUT2D eigenvalue weighted by Crippen LogP contribution is -2.43. The Hall–Kier alpha value is -2.89. The van der Waals surface area contributed by atoms with Gasteiger partial charge in [-0.25, -0.2) is 0 Å². The second kappa shape index (κ2) is 8.47. The molecule has 8 nitrogen and oxygen atoms in total. The van der Waals surface area contributed by atoms with E-state index in [0.29, 0.717) is 43.8 Å². The van der Waals surface area contributed by atoms with Gasteiger partial charge in [-0.15, -0.1) is 26.6 Å². The van der Waals surface area contributed by atoms with E-state index < -0.39 is 11.7 Å². The monoisotopic (exact) mass is 477 g/mol. The van der Waals surface area contributed by atoms with Crippen LogP contribution in [0.2, 0.25) is 0 Å². The Morgan fingerprint density at radius 3 is 2.64 bits per heavy atom. The van der Waals surface area contributed by atoms with Gasteiger partial charge in [0.15, 0.2) is 11.5 Å². The van der Waals surface area contributed by atoms with E-state index in [9.17, 15) is 18.0 Å². The van der Waals surface area contributed by atoms with Gasteiger partial charge in [-0.1, -0.05) is 6.92 Å². The molecule has 5 rings (SSSR count). The minimum absolute atomic E-state index is 0.103. The van der Waals surface area contributed by atoms with Gasteiger partial charge in [0.25, 0.3) is 0 Å². The van der Waals surface area contributed by atoms with Crippen LogP contribution in [-0.2, 0) is 11.0 Å². The quantitative estimate of drug-likeness (QED) is 0.557. The van der Waals surface area contributed by atoms with Crippen molar-refractivity contribution in [1.29, 1.82) is 0 Å². The standard InChI is InChI=1S/C21H22F3N7OS/c1-13-6-11-30(16-12-15(21(22,23)24)2-3-17(16)33-13)20(32)14-7-9-29(10-8-14)19-5-4-18-25-27-28-31(18)26-19/h2-5,12-14H,6-11H2,1H3. The molecule has 1 amide bonds. The number of nitrogens with zero attached hydrogens (tertiary/aromatic N) is 7. The Balaban J connectivity index is 1.34. The number of fused-ring (bicyclic) bond motifs is 2. The number of anilines is 2. The van der Waals surface area contributed by atoms with Crippen LogP contribution in [0.5, 0.6) is 0 Å². The molecule has 0 aliphatic carbocycles. The summed E-state index contributed by atoms with van der Waals surface area (Å²) in [5.74, 6) is 0.369. The average molecular weight is 478 g/mol. The minimum atomic E-state index is -4.45. The van der Waals surface area contributed by atoms with Gasteiger partial charge in [-0.3, -0.25) is 4.79 Å². The van der Waals surface area contributed by atoms with Gasteiger partial charge in [-0.05, 0) is 60.0 Å². The number of rotatable bonds is 2. The number of hydrogen-bond acceptors (Lipinski definition) is 7. The Kier molecular flexibility index (Phi) is 5.63. The number of tetrazole rings is 1. The molecule has 0 N–H and O–H groups in total. The van der Waals surface area contributed by atoms with E-state index in [4.69, 9.17) is 0 Å². The number of alkyl halides is 3. The molecule has 2 aliphatic rings. The van der Waals surface area contributed by atoms with E-state index in [2.05, 4.69) is 25.5 Å². The van der Waals surface area contributed by atoms with Crippen LogP contribution in [0.4, 0.5) is 24.7 Å². The number of hydrogen-bond donors (Lipinski definition) is 0. The van der Waals surface area contributed by atoms with Crippen LogP contribution in [0.25, 0.3) is 5.65 Å². The highest BCUT2D eigenvalue weighted by Crippen LogP contribution is 2.42. The van der Waals surface area contributed by atoms with Crippen molar-refractivity contribution >= 4 is 34.8 Å². The number of thioether (sulfide) groups is 1. The maximum atomic E-state index is 13.5. The molecule has 12 heteroatoms. The molecule has 3 aromatic rings. The summed E-state index contributed by atoms with van der Waals surface area (Å²) in [7, 11) is 0. The van der Waals surface area contributed by atoms with Crippen LogP contribution in [0, 0.1) is 5.92 Å². The predicted molar refractivity (Wildman–Crippen MR) is 117 cm³/mol. The maximum Gasteiger partial charge on any atom is 0.416 e. The minimum Gasteiger partial charge on any atom is -0.355 e. The van der Waals surface area contributed by atoms with Crippen LogP contribution in [0.15, 0.2) is 35.2 Å². The normalized spacial score (nSPS) is 20.1. The van der Waals surface area contributed by atoms with E-state index in [-0.39, 0.29) is 17.1 Å². The summed E-state index contributed by atoms with van der Waals surface area (Å²) in [6, 6.07) is 7.34. The van der Waals surface area contributed by atoms with Crippen LogP contribution in [0.1, 0.15) is 31.7 Å². The highest BCUT2D eigenvalue weighted by atomic mass is 32.2. The second-order valence-electron chi connectivity index (χ2n) is 8.37. The summed E-state index contributed by atoms with van der Waals surface area (Å²) in [6.45, 7) is 3.68. The van der Waals surface area contributed by atoms with Gasteiger partial charge < -0.3 is 9.80 Å². The Morgan fingerprint density at radius 1 is 1.09 bits per heavy atom. The van der Waals surface area contributed by atoms with E-state index in [1.807, 2.05) is 13.0 Å². The lowest BCUT2D eigenvalue weighted by molar-refractivity contribution is -0.137. The van der Waals surface area contributed by atoms with Gasteiger partial charge in [0.2, 0.25) is 5.91 Å². The van der Waals surface area contributed by atoms with Crippen molar-refractivity contribution in [2.45, 2.75) is 42.5 Å². The first-order valence-electron chi connectivity index (χ1n) is 10.8. The first-order chi connectivity index (χ1) is 15.8. The molecule has 4 heterocycles. The largest absolute Gasteiger partial charge is 0.416 e. The average Bonchev–Trinajstić information content (AvgIpc) is 3.20. The van der Waals surface area contributed by atoms with Crippen LogP contribution >= 0.6 is 11.8 Å². The van der Waals surface area contributed by atoms with Gasteiger partial charge in [-0.2, -0.15) is 13.2 Å². The summed E-state index contributed by atoms with van der Waals surface area (Å²) < 4.78 is 41.5. The lowest BCUT2D eigenvalue weighted by Gasteiger charge is -2.34. The maximum absolute atomic E-state index is 13.5. The molecule has 1 saturated heterocycles. The van der Waals surface area contributed by atoms with E-state index in [1.165, 1.54) is 22.5 Å². The van der Waals surface area contributed by atoms with Gasteiger partial charge >= 0.3 is 6.18 Å². The molecule has 0 spiro atoms. The predicted octanol–water partition coefficient (Wildman–Crippen LogP) is 3.67. The Bertz CT molecular complexity index is 1180. The smallest absolute Gasteiger partial charge is 0.355 e. The summed E-state index contributed by atoms with van der Waals surface area (Å²) in [5.41, 5.74) is 0.194. The molecule has 1 fully saturated rings. The zero-order chi connectivity index (χ0) is 23.2. The lowest BCUT2D eigenvalue weighted by atomic mass is 9.94. The summed E-state index contributed by atoms with van der Waals surface area (Å²) in [4.78, 5) is 17.9. The molecular weight excluding hydrogens is 455 g/mol. The zero-order valence-electron chi connectivity index (χ0n) is 17.9. The fourth-order valence-corrected chi connectivity index (χ4v) is 5.42. The SMILES string of the molecule is CC1CCN(C(=O)C2CCN(c3ccc4nnnn4n3)CC2)c2cc(C(F)(F)F)ccc2S1. The fourth-order valence-electron chi connectivity index (χ4n) is 4.33. The summed E-state index contributed by atoms with van der Waals surface area (Å²) in [5, 5.41) is 15.9. The highest BCUT2D eigenvalue weighted by molar-refractivity contribution is 8.00. The number of amides is 1. The molecule has 174 valence electrons. The highest BCUT2D eigenvalue weighted by Gasteiger charge is 2.36. The summed E-state index contributed by atoms with van der Waals surface area (Å²) >= 11 is 1.52. The third-order valence-corrected chi connectivity index (χ3v) is 7.39. The molecule has 1 aromatic carbocycles. The number of halogens is 3. The fraction of sp³-hybridized carbons (Fsp3) is 0.476. The van der Waals surface area contributed by atoms with Crippen molar-refractivity contribution in [3.63, 3.8) is 0 Å². The van der Waals surface area contributed by atoms with Crippen molar-refractivity contribution < 1.29 is 18.0 Å². The van der Waals surface area contributed by atoms with Crippen molar-refractivity contribution in [2.24, 2.45) is 5.92 Å². The van der Waals surface area contributed by atoms with Crippen molar-refractivity contribution in [2.75, 3.05) is 29.4 Å². The van der Waals surface area contributed by atoms with Crippen LogP contribution in [0.3, 0.4) is 0 Å². The van der Waals surface area contributed by atoms with Crippen molar-refractivity contribution in [3.05, 3.63) is 35.9 Å². The Morgan fingerprint density at radius 2 is 1.88 bits per heavy atom. The van der Waals surface area contributed by atoms with Crippen molar-refractivity contribution in [3.8, 4) is 0 Å². The van der Waals surface area contributed by atoms with Crippen LogP contribution in [-0.4, -0.2) is 56.0 Å². The molecule has 33 heavy (non-hydrogen) atoms. The number of piperidine rings is 1. The molecule has 2 aromatic heterocycles. The molecule has 0 radical (unpaired) electrons. The Labute approximate surface area is 192 Å². The van der Waals surface area contributed by atoms with E-state index in [1.54, 1.807) is 11.0 Å². The van der Waals surface area contributed by atoms with E-state index in [0.717, 1.165) is 29.3 Å². The van der Waals surface area contributed by atoms with Gasteiger partial charge in [0, 0.05) is 35.7 Å².